The van der Waals surface area contributed by atoms with Crippen molar-refractivity contribution >= 4 is 5.91 Å². The summed E-state index contributed by atoms with van der Waals surface area (Å²) in [5.74, 6) is -3.23. The molecule has 6 heteroatoms. The van der Waals surface area contributed by atoms with Gasteiger partial charge in [0.1, 0.15) is 0 Å². The minimum Gasteiger partial charge on any atom is -0.379 e. The third kappa shape index (κ3) is 4.21. The van der Waals surface area contributed by atoms with E-state index in [1.165, 1.54) is 0 Å². The summed E-state index contributed by atoms with van der Waals surface area (Å²) in [6.07, 6.45) is 3.47. The van der Waals surface area contributed by atoms with Crippen LogP contribution in [0.25, 0.3) is 0 Å². The van der Waals surface area contributed by atoms with Gasteiger partial charge in [-0.15, -0.1) is 6.58 Å². The maximum absolute atomic E-state index is 13.2. The van der Waals surface area contributed by atoms with Crippen LogP contribution < -0.4 is 5.32 Å². The zero-order chi connectivity index (χ0) is 13.4. The van der Waals surface area contributed by atoms with Gasteiger partial charge in [0.2, 0.25) is 5.95 Å². The predicted octanol–water partition coefficient (Wildman–Crippen LogP) is 1.68. The minimum absolute atomic E-state index is 0.222. The molecule has 0 aliphatic carbocycles. The van der Waals surface area contributed by atoms with Crippen LogP contribution in [0, 0.1) is 11.8 Å². The quantitative estimate of drug-likeness (QED) is 0.459. The molecule has 1 aromatic heterocycles. The van der Waals surface area contributed by atoms with Crippen molar-refractivity contribution in [2.45, 2.75) is 6.42 Å². The van der Waals surface area contributed by atoms with Crippen LogP contribution in [0.4, 0.5) is 8.78 Å². The number of hydrogen-bond acceptors (Lipinski definition) is 3. The molecule has 0 fully saturated rings. The van der Waals surface area contributed by atoms with Gasteiger partial charge in [0.15, 0.2) is 5.82 Å². The van der Waals surface area contributed by atoms with Crippen molar-refractivity contribution in [3.8, 4) is 0 Å². The summed E-state index contributed by atoms with van der Waals surface area (Å²) in [5, 5.41) is 2.42. The highest BCUT2D eigenvalue weighted by Crippen LogP contribution is 2.08. The first-order valence-electron chi connectivity index (χ1n) is 5.43. The summed E-state index contributed by atoms with van der Waals surface area (Å²) >= 11 is 0. The third-order valence-corrected chi connectivity index (χ3v) is 2.09. The summed E-state index contributed by atoms with van der Waals surface area (Å²) in [4.78, 5) is 14.6. The Hall–Kier alpha value is -1.82. The van der Waals surface area contributed by atoms with Crippen molar-refractivity contribution in [1.82, 2.24) is 10.3 Å². The maximum Gasteiger partial charge on any atom is 0.254 e. The molecular weight excluding hydrogens is 242 g/mol. The molecule has 4 nitrogen and oxygen atoms in total. The Morgan fingerprint density at radius 2 is 2.28 bits per heavy atom. The summed E-state index contributed by atoms with van der Waals surface area (Å²) < 4.78 is 31.1. The van der Waals surface area contributed by atoms with Crippen LogP contribution in [0.1, 0.15) is 16.8 Å². The van der Waals surface area contributed by atoms with E-state index in [2.05, 4.69) is 16.9 Å². The number of carbonyl (C=O) groups is 1. The number of hydrogen-bond donors (Lipinski definition) is 1. The lowest BCUT2D eigenvalue weighted by Gasteiger charge is -2.06. The lowest BCUT2D eigenvalue weighted by atomic mass is 10.2. The van der Waals surface area contributed by atoms with Gasteiger partial charge in [-0.25, -0.2) is 9.37 Å². The van der Waals surface area contributed by atoms with Crippen LogP contribution in [-0.4, -0.2) is 30.6 Å². The average Bonchev–Trinajstić information content (AvgIpc) is 2.36. The fourth-order valence-electron chi connectivity index (χ4n) is 1.19. The molecule has 1 aromatic rings. The second-order valence-electron chi connectivity index (χ2n) is 3.41. The van der Waals surface area contributed by atoms with Crippen LogP contribution in [0.15, 0.2) is 24.9 Å². The Balaban J connectivity index is 2.37. The number of amides is 1. The van der Waals surface area contributed by atoms with Gasteiger partial charge >= 0.3 is 0 Å². The average molecular weight is 256 g/mol. The molecule has 0 radical (unpaired) electrons. The monoisotopic (exact) mass is 256 g/mol. The molecule has 1 N–H and O–H groups in total. The van der Waals surface area contributed by atoms with Crippen molar-refractivity contribution in [3.05, 3.63) is 42.2 Å². The molecule has 0 bridgehead atoms. The Bertz CT molecular complexity index is 425. The predicted molar refractivity (Wildman–Crippen MR) is 62.1 cm³/mol. The van der Waals surface area contributed by atoms with E-state index in [-0.39, 0.29) is 12.1 Å². The first-order valence-corrected chi connectivity index (χ1v) is 5.43. The summed E-state index contributed by atoms with van der Waals surface area (Å²) in [6, 6.07) is 1.12. The van der Waals surface area contributed by atoms with Crippen LogP contribution in [0.3, 0.4) is 0 Å². The Morgan fingerprint density at radius 3 is 3.00 bits per heavy atom. The number of nitrogens with zero attached hydrogens (tertiary/aromatic N) is 1. The molecular formula is C12H14F2N2O2. The molecule has 0 unspecified atom stereocenters. The van der Waals surface area contributed by atoms with Gasteiger partial charge in [-0.1, -0.05) is 6.08 Å². The molecule has 0 aliphatic heterocycles. The van der Waals surface area contributed by atoms with E-state index in [0.29, 0.717) is 13.2 Å². The fraction of sp³-hybridized carbons (Fsp3) is 0.333. The van der Waals surface area contributed by atoms with Gasteiger partial charge in [-0.05, 0) is 12.5 Å². The largest absolute Gasteiger partial charge is 0.379 e. The van der Waals surface area contributed by atoms with Gasteiger partial charge in [-0.2, -0.15) is 4.39 Å². The number of halogens is 2. The lowest BCUT2D eigenvalue weighted by molar-refractivity contribution is 0.0912. The van der Waals surface area contributed by atoms with E-state index in [1.807, 2.05) is 0 Å². The number of rotatable bonds is 7. The van der Waals surface area contributed by atoms with Gasteiger partial charge in [0, 0.05) is 12.7 Å². The maximum atomic E-state index is 13.2. The molecule has 0 saturated carbocycles. The van der Waals surface area contributed by atoms with Gasteiger partial charge in [0.25, 0.3) is 5.91 Å². The highest BCUT2D eigenvalue weighted by atomic mass is 19.2. The smallest absolute Gasteiger partial charge is 0.254 e. The van der Waals surface area contributed by atoms with Crippen molar-refractivity contribution in [3.63, 3.8) is 0 Å². The molecule has 0 aromatic carbocycles. The molecule has 0 spiro atoms. The Labute approximate surface area is 104 Å². The molecule has 18 heavy (non-hydrogen) atoms. The highest BCUT2D eigenvalue weighted by Gasteiger charge is 2.15. The SMILES string of the molecule is C=CCCOCCNC(=O)c1ccnc(F)c1F. The van der Waals surface area contributed by atoms with E-state index in [9.17, 15) is 13.6 Å². The molecule has 0 aliphatic rings. The van der Waals surface area contributed by atoms with E-state index in [1.54, 1.807) is 6.08 Å². The van der Waals surface area contributed by atoms with E-state index in [4.69, 9.17) is 4.74 Å². The van der Waals surface area contributed by atoms with Crippen molar-refractivity contribution in [2.24, 2.45) is 0 Å². The van der Waals surface area contributed by atoms with Crippen molar-refractivity contribution in [2.75, 3.05) is 19.8 Å². The van der Waals surface area contributed by atoms with Crippen LogP contribution in [0.2, 0.25) is 0 Å². The van der Waals surface area contributed by atoms with Crippen LogP contribution >= 0.6 is 0 Å². The molecule has 1 heterocycles. The summed E-state index contributed by atoms with van der Waals surface area (Å²) in [6.45, 7) is 4.56. The molecule has 1 amide bonds. The molecule has 0 atom stereocenters. The van der Waals surface area contributed by atoms with Crippen molar-refractivity contribution < 1.29 is 18.3 Å². The zero-order valence-corrected chi connectivity index (χ0v) is 9.79. The third-order valence-electron chi connectivity index (χ3n) is 2.09. The van der Waals surface area contributed by atoms with E-state index in [0.717, 1.165) is 18.7 Å². The fourth-order valence-corrected chi connectivity index (χ4v) is 1.19. The first-order chi connectivity index (χ1) is 8.66. The number of pyridine rings is 1. The zero-order valence-electron chi connectivity index (χ0n) is 9.79. The van der Waals surface area contributed by atoms with Gasteiger partial charge in [0.05, 0.1) is 18.8 Å². The second-order valence-corrected chi connectivity index (χ2v) is 3.41. The normalized spacial score (nSPS) is 10.1. The topological polar surface area (TPSA) is 51.2 Å². The van der Waals surface area contributed by atoms with Crippen LogP contribution in [0.5, 0.6) is 0 Å². The van der Waals surface area contributed by atoms with Gasteiger partial charge in [-0.3, -0.25) is 4.79 Å². The number of ether oxygens (including phenoxy) is 1. The van der Waals surface area contributed by atoms with Crippen LogP contribution in [-0.2, 0) is 4.74 Å². The molecule has 1 rings (SSSR count). The second kappa shape index (κ2) is 7.50. The summed E-state index contributed by atoms with van der Waals surface area (Å²) in [5.41, 5.74) is -0.367. The lowest BCUT2D eigenvalue weighted by Crippen LogP contribution is -2.28. The number of nitrogens with one attached hydrogen (secondary N) is 1. The standard InChI is InChI=1S/C12H14F2N2O2/c1-2-3-7-18-8-6-16-12(17)9-4-5-15-11(14)10(9)13/h2,4-5H,1,3,6-8H2,(H,16,17). The van der Waals surface area contributed by atoms with Crippen molar-refractivity contribution in [1.29, 1.82) is 0 Å². The summed E-state index contributed by atoms with van der Waals surface area (Å²) in [7, 11) is 0. The molecule has 98 valence electrons. The number of carbonyl (C=O) groups excluding carboxylic acids is 1. The van der Waals surface area contributed by atoms with Gasteiger partial charge < -0.3 is 10.1 Å². The van der Waals surface area contributed by atoms with E-state index >= 15 is 0 Å². The highest BCUT2D eigenvalue weighted by molar-refractivity contribution is 5.94. The first kappa shape index (κ1) is 14.2. The Kier molecular flexibility index (Phi) is 5.93. The minimum atomic E-state index is -1.29. The Morgan fingerprint density at radius 1 is 1.50 bits per heavy atom. The molecule has 0 saturated heterocycles. The number of aromatic nitrogens is 1. The van der Waals surface area contributed by atoms with E-state index < -0.39 is 17.7 Å².